The second-order valence-electron chi connectivity index (χ2n) is 5.94. The van der Waals surface area contributed by atoms with Crippen LogP contribution in [0.1, 0.15) is 55.4 Å². The second kappa shape index (κ2) is 5.02. The van der Waals surface area contributed by atoms with E-state index < -0.39 is 5.54 Å². The van der Waals surface area contributed by atoms with Crippen LogP contribution in [0.2, 0.25) is 0 Å². The smallest absolute Gasteiger partial charge is 0.230 e. The minimum atomic E-state index is -0.506. The van der Waals surface area contributed by atoms with Gasteiger partial charge in [-0.05, 0) is 43.7 Å². The topological polar surface area (TPSA) is 64.9 Å². The van der Waals surface area contributed by atoms with E-state index in [0.717, 1.165) is 31.6 Å². The molecular weight excluding hydrogens is 250 g/mol. The summed E-state index contributed by atoms with van der Waals surface area (Å²) < 4.78 is 5.47. The maximum atomic E-state index is 6.17. The maximum absolute atomic E-state index is 6.17. The average molecular weight is 271 g/mol. The summed E-state index contributed by atoms with van der Waals surface area (Å²) in [6, 6.07) is 8.59. The predicted molar refractivity (Wildman–Crippen MR) is 77.3 cm³/mol. The monoisotopic (exact) mass is 271 g/mol. The number of rotatable bonds is 3. The molecule has 2 N–H and O–H groups in total. The summed E-state index contributed by atoms with van der Waals surface area (Å²) in [5.41, 5.74) is 8.51. The molecule has 0 fully saturated rings. The zero-order valence-corrected chi connectivity index (χ0v) is 12.1. The van der Waals surface area contributed by atoms with Crippen molar-refractivity contribution in [2.75, 3.05) is 0 Å². The van der Waals surface area contributed by atoms with Gasteiger partial charge in [0.05, 0.1) is 5.54 Å². The minimum absolute atomic E-state index is 0.318. The fraction of sp³-hybridized carbons (Fsp3) is 0.500. The number of aromatic nitrogens is 2. The van der Waals surface area contributed by atoms with Gasteiger partial charge in [0, 0.05) is 5.92 Å². The van der Waals surface area contributed by atoms with Crippen LogP contribution in [-0.2, 0) is 18.4 Å². The molecule has 1 aliphatic carbocycles. The Balaban J connectivity index is 1.82. The molecule has 4 nitrogen and oxygen atoms in total. The van der Waals surface area contributed by atoms with Crippen LogP contribution in [0.4, 0.5) is 0 Å². The van der Waals surface area contributed by atoms with Gasteiger partial charge >= 0.3 is 0 Å². The van der Waals surface area contributed by atoms with E-state index in [1.807, 2.05) is 13.8 Å². The molecule has 0 spiro atoms. The van der Waals surface area contributed by atoms with Crippen molar-refractivity contribution in [3.63, 3.8) is 0 Å². The summed E-state index contributed by atoms with van der Waals surface area (Å²) in [5, 5.41) is 4.08. The zero-order chi connectivity index (χ0) is 14.2. The fourth-order valence-corrected chi connectivity index (χ4v) is 2.70. The summed E-state index contributed by atoms with van der Waals surface area (Å²) >= 11 is 0. The van der Waals surface area contributed by atoms with Gasteiger partial charge in [-0.3, -0.25) is 0 Å². The molecule has 0 saturated heterocycles. The first kappa shape index (κ1) is 13.3. The molecule has 2 aromatic rings. The van der Waals surface area contributed by atoms with Crippen molar-refractivity contribution in [3.8, 4) is 0 Å². The highest BCUT2D eigenvalue weighted by molar-refractivity contribution is 5.31. The normalized spacial score (nSPS) is 21.2. The Labute approximate surface area is 119 Å². The highest BCUT2D eigenvalue weighted by Crippen LogP contribution is 2.32. The molecule has 2 atom stereocenters. The number of fused-ring (bicyclic) bond motifs is 1. The van der Waals surface area contributed by atoms with Crippen molar-refractivity contribution >= 4 is 0 Å². The molecule has 1 heterocycles. The molecule has 20 heavy (non-hydrogen) atoms. The fourth-order valence-electron chi connectivity index (χ4n) is 2.70. The van der Waals surface area contributed by atoms with Gasteiger partial charge < -0.3 is 10.3 Å². The lowest BCUT2D eigenvalue weighted by molar-refractivity contribution is 0.327. The molecule has 0 saturated carbocycles. The lowest BCUT2D eigenvalue weighted by Gasteiger charge is -2.21. The number of hydrogen-bond acceptors (Lipinski definition) is 4. The Kier molecular flexibility index (Phi) is 3.34. The van der Waals surface area contributed by atoms with Crippen LogP contribution in [0.15, 0.2) is 28.8 Å². The molecule has 1 aromatic heterocycles. The number of benzene rings is 1. The van der Waals surface area contributed by atoms with Gasteiger partial charge in [-0.25, -0.2) is 0 Å². The highest BCUT2D eigenvalue weighted by atomic mass is 16.5. The summed E-state index contributed by atoms with van der Waals surface area (Å²) in [4.78, 5) is 4.55. The second-order valence-corrected chi connectivity index (χ2v) is 5.94. The Morgan fingerprint density at radius 2 is 2.10 bits per heavy atom. The van der Waals surface area contributed by atoms with E-state index >= 15 is 0 Å². The molecule has 0 bridgehead atoms. The lowest BCUT2D eigenvalue weighted by atomic mass is 9.84. The van der Waals surface area contributed by atoms with E-state index in [0.29, 0.717) is 11.7 Å². The van der Waals surface area contributed by atoms with E-state index in [-0.39, 0.29) is 0 Å². The summed E-state index contributed by atoms with van der Waals surface area (Å²) in [6.07, 6.45) is 3.91. The zero-order valence-electron chi connectivity index (χ0n) is 12.1. The van der Waals surface area contributed by atoms with Crippen molar-refractivity contribution in [1.29, 1.82) is 0 Å². The van der Waals surface area contributed by atoms with E-state index in [1.54, 1.807) is 0 Å². The maximum Gasteiger partial charge on any atom is 0.230 e. The molecule has 3 rings (SSSR count). The van der Waals surface area contributed by atoms with Crippen molar-refractivity contribution < 1.29 is 4.52 Å². The molecular formula is C16H21N3O. The molecule has 0 aliphatic heterocycles. The third-order valence-corrected chi connectivity index (χ3v) is 4.38. The first-order chi connectivity index (χ1) is 9.60. The third kappa shape index (κ3) is 2.36. The van der Waals surface area contributed by atoms with E-state index in [2.05, 4.69) is 34.4 Å². The standard InChI is InChI=1S/C16H21N3O/c1-3-16(2,17)15-18-14(20-19-15)13-9-8-11-6-4-5-7-12(11)10-13/h4-7,13H,3,8-10,17H2,1-2H3. The summed E-state index contributed by atoms with van der Waals surface area (Å²) in [7, 11) is 0. The highest BCUT2D eigenvalue weighted by Gasteiger charge is 2.29. The Hall–Kier alpha value is -1.68. The first-order valence-electron chi connectivity index (χ1n) is 7.30. The molecule has 0 radical (unpaired) electrons. The van der Waals surface area contributed by atoms with Crippen LogP contribution in [-0.4, -0.2) is 10.1 Å². The van der Waals surface area contributed by atoms with E-state index in [4.69, 9.17) is 10.3 Å². The third-order valence-electron chi connectivity index (χ3n) is 4.38. The molecule has 2 unspecified atom stereocenters. The molecule has 1 aliphatic rings. The Morgan fingerprint density at radius 3 is 2.85 bits per heavy atom. The SMILES string of the molecule is CCC(C)(N)c1noc(C2CCc3ccccc3C2)n1. The van der Waals surface area contributed by atoms with Crippen LogP contribution in [0.25, 0.3) is 0 Å². The van der Waals surface area contributed by atoms with Crippen molar-refractivity contribution in [2.24, 2.45) is 5.73 Å². The lowest BCUT2D eigenvalue weighted by Crippen LogP contribution is -2.33. The summed E-state index contributed by atoms with van der Waals surface area (Å²) in [5.74, 6) is 1.67. The number of aryl methyl sites for hydroxylation is 1. The van der Waals surface area contributed by atoms with Crippen LogP contribution < -0.4 is 5.73 Å². The van der Waals surface area contributed by atoms with Gasteiger partial charge in [-0.2, -0.15) is 4.98 Å². The van der Waals surface area contributed by atoms with Crippen LogP contribution >= 0.6 is 0 Å². The largest absolute Gasteiger partial charge is 0.339 e. The summed E-state index contributed by atoms with van der Waals surface area (Å²) in [6.45, 7) is 3.98. The Bertz CT molecular complexity index is 603. The van der Waals surface area contributed by atoms with Gasteiger partial charge in [0.2, 0.25) is 5.89 Å². The van der Waals surface area contributed by atoms with Crippen molar-refractivity contribution in [2.45, 2.75) is 51.0 Å². The van der Waals surface area contributed by atoms with Gasteiger partial charge in [0.1, 0.15) is 0 Å². The first-order valence-corrected chi connectivity index (χ1v) is 7.30. The molecule has 0 amide bonds. The van der Waals surface area contributed by atoms with Crippen molar-refractivity contribution in [3.05, 3.63) is 47.1 Å². The average Bonchev–Trinajstić information content (AvgIpc) is 2.97. The van der Waals surface area contributed by atoms with Gasteiger partial charge in [0.25, 0.3) is 0 Å². The Morgan fingerprint density at radius 1 is 1.35 bits per heavy atom. The molecule has 1 aromatic carbocycles. The minimum Gasteiger partial charge on any atom is -0.339 e. The van der Waals surface area contributed by atoms with Crippen molar-refractivity contribution in [1.82, 2.24) is 10.1 Å². The van der Waals surface area contributed by atoms with Crippen LogP contribution in [0, 0.1) is 0 Å². The van der Waals surface area contributed by atoms with Crippen LogP contribution in [0.5, 0.6) is 0 Å². The molecule has 106 valence electrons. The quantitative estimate of drug-likeness (QED) is 0.932. The van der Waals surface area contributed by atoms with Gasteiger partial charge in [-0.1, -0.05) is 36.3 Å². The van der Waals surface area contributed by atoms with Crippen LogP contribution in [0.3, 0.4) is 0 Å². The van der Waals surface area contributed by atoms with E-state index in [9.17, 15) is 0 Å². The van der Waals surface area contributed by atoms with Gasteiger partial charge in [0.15, 0.2) is 5.82 Å². The van der Waals surface area contributed by atoms with E-state index in [1.165, 1.54) is 11.1 Å². The molecule has 4 heteroatoms. The van der Waals surface area contributed by atoms with Gasteiger partial charge in [-0.15, -0.1) is 0 Å². The number of nitrogens with zero attached hydrogens (tertiary/aromatic N) is 2. The number of nitrogens with two attached hydrogens (primary N) is 1. The predicted octanol–water partition coefficient (Wildman–Crippen LogP) is 2.93. The number of hydrogen-bond donors (Lipinski definition) is 1.